The lowest BCUT2D eigenvalue weighted by atomic mass is 10.1. The number of aromatic nitrogens is 3. The van der Waals surface area contributed by atoms with Crippen molar-refractivity contribution in [1.29, 1.82) is 0 Å². The van der Waals surface area contributed by atoms with E-state index in [4.69, 9.17) is 4.74 Å². The zero-order valence-corrected chi connectivity index (χ0v) is 19.0. The van der Waals surface area contributed by atoms with Gasteiger partial charge in [-0.3, -0.25) is 9.36 Å². The Morgan fingerprint density at radius 1 is 1.00 bits per heavy atom. The largest absolute Gasteiger partial charge is 0.497 e. The van der Waals surface area contributed by atoms with Crippen LogP contribution in [0.4, 0.5) is 5.69 Å². The van der Waals surface area contributed by atoms with Crippen molar-refractivity contribution >= 4 is 23.4 Å². The number of ether oxygens (including phenoxy) is 1. The quantitative estimate of drug-likeness (QED) is 0.388. The highest BCUT2D eigenvalue weighted by Gasteiger charge is 2.22. The van der Waals surface area contributed by atoms with Gasteiger partial charge in [-0.25, -0.2) is 0 Å². The molecular formula is C25H24N4O2S. The zero-order chi connectivity index (χ0) is 22.5. The van der Waals surface area contributed by atoms with Crippen molar-refractivity contribution in [3.8, 4) is 22.8 Å². The number of anilines is 1. The highest BCUT2D eigenvalue weighted by molar-refractivity contribution is 8.00. The van der Waals surface area contributed by atoms with E-state index in [-0.39, 0.29) is 11.2 Å². The van der Waals surface area contributed by atoms with E-state index in [9.17, 15) is 4.79 Å². The number of benzene rings is 3. The van der Waals surface area contributed by atoms with E-state index in [2.05, 4.69) is 21.6 Å². The number of carbonyl (C=O) groups is 1. The Hall–Kier alpha value is -3.58. The fraction of sp³-hybridized carbons (Fsp3) is 0.160. The number of aryl methyl sites for hydroxylation is 1. The first-order valence-corrected chi connectivity index (χ1v) is 11.1. The number of nitrogens with one attached hydrogen (secondary N) is 1. The fourth-order valence-electron chi connectivity index (χ4n) is 3.26. The van der Waals surface area contributed by atoms with Crippen LogP contribution in [0, 0.1) is 6.92 Å². The first kappa shape index (κ1) is 21.6. The molecule has 0 spiro atoms. The minimum absolute atomic E-state index is 0.0948. The lowest BCUT2D eigenvalue weighted by molar-refractivity contribution is -0.115. The van der Waals surface area contributed by atoms with Gasteiger partial charge in [-0.05, 0) is 56.3 Å². The third kappa shape index (κ3) is 4.84. The van der Waals surface area contributed by atoms with Crippen LogP contribution in [0.15, 0.2) is 84.0 Å². The molecule has 4 aromatic rings. The summed E-state index contributed by atoms with van der Waals surface area (Å²) in [4.78, 5) is 12.8. The molecule has 0 bridgehead atoms. The van der Waals surface area contributed by atoms with Crippen molar-refractivity contribution in [2.24, 2.45) is 0 Å². The summed E-state index contributed by atoms with van der Waals surface area (Å²) in [6, 6.07) is 25.3. The molecule has 0 radical (unpaired) electrons. The molecule has 7 heteroatoms. The van der Waals surface area contributed by atoms with Crippen LogP contribution in [0.3, 0.4) is 0 Å². The number of nitrogens with zero attached hydrogens (tertiary/aromatic N) is 3. The third-order valence-corrected chi connectivity index (χ3v) is 5.98. The second-order valence-electron chi connectivity index (χ2n) is 7.32. The molecule has 1 atom stereocenters. The van der Waals surface area contributed by atoms with Crippen LogP contribution in [0.5, 0.6) is 5.75 Å². The molecule has 0 aliphatic carbocycles. The summed E-state index contributed by atoms with van der Waals surface area (Å²) in [5.74, 6) is 1.39. The van der Waals surface area contributed by atoms with E-state index in [1.54, 1.807) is 7.11 Å². The van der Waals surface area contributed by atoms with Gasteiger partial charge in [0, 0.05) is 16.9 Å². The fourth-order valence-corrected chi connectivity index (χ4v) is 4.13. The van der Waals surface area contributed by atoms with Gasteiger partial charge in [0.25, 0.3) is 0 Å². The van der Waals surface area contributed by atoms with E-state index >= 15 is 0 Å². The molecule has 0 aliphatic heterocycles. The lowest BCUT2D eigenvalue weighted by Crippen LogP contribution is -2.22. The van der Waals surface area contributed by atoms with Crippen molar-refractivity contribution < 1.29 is 9.53 Å². The molecule has 1 N–H and O–H groups in total. The Kier molecular flexibility index (Phi) is 6.56. The van der Waals surface area contributed by atoms with Gasteiger partial charge in [0.1, 0.15) is 5.75 Å². The highest BCUT2D eigenvalue weighted by atomic mass is 32.2. The minimum atomic E-state index is -0.373. The molecule has 1 aromatic heterocycles. The van der Waals surface area contributed by atoms with E-state index < -0.39 is 0 Å². The summed E-state index contributed by atoms with van der Waals surface area (Å²) in [7, 11) is 1.64. The van der Waals surface area contributed by atoms with Gasteiger partial charge in [-0.2, -0.15) is 0 Å². The standard InChI is InChI=1S/C25H24N4O2S/c1-17-8-7-9-19(16-17)23-27-28-25(29(23)21-12-14-22(31-3)15-13-21)32-18(2)24(30)26-20-10-5-4-6-11-20/h4-16,18H,1-3H3,(H,26,30). The average molecular weight is 445 g/mol. The molecule has 1 heterocycles. The van der Waals surface area contributed by atoms with E-state index in [1.807, 2.05) is 91.2 Å². The maximum atomic E-state index is 12.8. The molecular weight excluding hydrogens is 420 g/mol. The Morgan fingerprint density at radius 2 is 1.75 bits per heavy atom. The molecule has 162 valence electrons. The van der Waals surface area contributed by atoms with Gasteiger partial charge in [0.2, 0.25) is 5.91 Å². The monoisotopic (exact) mass is 444 g/mol. The summed E-state index contributed by atoms with van der Waals surface area (Å²) in [5, 5.41) is 12.1. The van der Waals surface area contributed by atoms with E-state index in [1.165, 1.54) is 11.8 Å². The number of methoxy groups -OCH3 is 1. The number of hydrogen-bond acceptors (Lipinski definition) is 5. The number of carbonyl (C=O) groups excluding carboxylic acids is 1. The smallest absolute Gasteiger partial charge is 0.237 e. The SMILES string of the molecule is COc1ccc(-n2c(SC(C)C(=O)Nc3ccccc3)nnc2-c2cccc(C)c2)cc1. The molecule has 4 rings (SSSR count). The van der Waals surface area contributed by atoms with Gasteiger partial charge in [0.05, 0.1) is 12.4 Å². The lowest BCUT2D eigenvalue weighted by Gasteiger charge is -2.14. The van der Waals surface area contributed by atoms with Gasteiger partial charge in [-0.15, -0.1) is 10.2 Å². The summed E-state index contributed by atoms with van der Waals surface area (Å²) in [6.45, 7) is 3.91. The maximum absolute atomic E-state index is 12.8. The van der Waals surface area contributed by atoms with E-state index in [0.717, 1.165) is 34.1 Å². The Morgan fingerprint density at radius 3 is 2.44 bits per heavy atom. The molecule has 0 saturated carbocycles. The number of hydrogen-bond donors (Lipinski definition) is 1. The van der Waals surface area contributed by atoms with Crippen molar-refractivity contribution in [3.05, 3.63) is 84.4 Å². The van der Waals surface area contributed by atoms with Gasteiger partial charge >= 0.3 is 0 Å². The molecule has 0 saturated heterocycles. The number of para-hydroxylation sites is 1. The predicted molar refractivity (Wildman–Crippen MR) is 128 cm³/mol. The van der Waals surface area contributed by atoms with Crippen LogP contribution in [0.1, 0.15) is 12.5 Å². The van der Waals surface area contributed by atoms with Crippen LogP contribution in [0.25, 0.3) is 17.1 Å². The van der Waals surface area contributed by atoms with Crippen molar-refractivity contribution in [2.45, 2.75) is 24.3 Å². The molecule has 32 heavy (non-hydrogen) atoms. The van der Waals surface area contributed by atoms with E-state index in [0.29, 0.717) is 5.16 Å². The predicted octanol–water partition coefficient (Wildman–Crippen LogP) is 5.37. The van der Waals surface area contributed by atoms with Crippen molar-refractivity contribution in [2.75, 3.05) is 12.4 Å². The molecule has 3 aromatic carbocycles. The van der Waals surface area contributed by atoms with Crippen LogP contribution in [-0.2, 0) is 4.79 Å². The maximum Gasteiger partial charge on any atom is 0.237 e. The van der Waals surface area contributed by atoms with Crippen LogP contribution in [0.2, 0.25) is 0 Å². The van der Waals surface area contributed by atoms with Crippen LogP contribution >= 0.6 is 11.8 Å². The Bertz CT molecular complexity index is 1210. The number of thioether (sulfide) groups is 1. The molecule has 6 nitrogen and oxygen atoms in total. The van der Waals surface area contributed by atoms with Crippen molar-refractivity contribution in [3.63, 3.8) is 0 Å². The van der Waals surface area contributed by atoms with Crippen LogP contribution in [-0.4, -0.2) is 33.0 Å². The van der Waals surface area contributed by atoms with Gasteiger partial charge in [-0.1, -0.05) is 53.7 Å². The molecule has 0 aliphatic rings. The summed E-state index contributed by atoms with van der Waals surface area (Å²) < 4.78 is 7.28. The van der Waals surface area contributed by atoms with Crippen LogP contribution < -0.4 is 10.1 Å². The summed E-state index contributed by atoms with van der Waals surface area (Å²) in [5.41, 5.74) is 3.76. The molecule has 0 fully saturated rings. The Balaban J connectivity index is 1.67. The first-order chi connectivity index (χ1) is 15.5. The van der Waals surface area contributed by atoms with Gasteiger partial charge < -0.3 is 10.1 Å². The molecule has 1 unspecified atom stereocenters. The summed E-state index contributed by atoms with van der Waals surface area (Å²) in [6.07, 6.45) is 0. The average Bonchev–Trinajstić information content (AvgIpc) is 3.23. The second kappa shape index (κ2) is 9.70. The second-order valence-corrected chi connectivity index (χ2v) is 8.63. The van der Waals surface area contributed by atoms with Gasteiger partial charge in [0.15, 0.2) is 11.0 Å². The first-order valence-electron chi connectivity index (χ1n) is 10.2. The number of rotatable bonds is 7. The molecule has 1 amide bonds. The normalized spacial score (nSPS) is 11.7. The minimum Gasteiger partial charge on any atom is -0.497 e. The van der Waals surface area contributed by atoms with Crippen molar-refractivity contribution in [1.82, 2.24) is 14.8 Å². The third-order valence-electron chi connectivity index (χ3n) is 4.93. The summed E-state index contributed by atoms with van der Waals surface area (Å²) >= 11 is 1.37. The number of amides is 1. The zero-order valence-electron chi connectivity index (χ0n) is 18.1. The Labute approximate surface area is 191 Å². The highest BCUT2D eigenvalue weighted by Crippen LogP contribution is 2.31. The topological polar surface area (TPSA) is 69.0 Å².